The van der Waals surface area contributed by atoms with Gasteiger partial charge in [0, 0.05) is 0 Å². The molecule has 1 heterocycles. The summed E-state index contributed by atoms with van der Waals surface area (Å²) >= 11 is 0. The van der Waals surface area contributed by atoms with Crippen LogP contribution in [0.3, 0.4) is 0 Å². The molecule has 0 atom stereocenters. The van der Waals surface area contributed by atoms with Crippen molar-refractivity contribution < 1.29 is 19.7 Å². The lowest BCUT2D eigenvalue weighted by Gasteiger charge is -1.77. The van der Waals surface area contributed by atoms with E-state index in [4.69, 9.17) is 0 Å². The first-order chi connectivity index (χ1) is 5.79. The average molecular weight is 169 g/mol. The third-order valence-corrected chi connectivity index (χ3v) is 0.781. The van der Waals surface area contributed by atoms with Gasteiger partial charge in [0.05, 0.1) is 6.42 Å². The second-order valence-corrected chi connectivity index (χ2v) is 1.62. The molecule has 0 aromatic rings. The summed E-state index contributed by atoms with van der Waals surface area (Å²) in [6, 6.07) is 0. The predicted octanol–water partition coefficient (Wildman–Crippen LogP) is -0.163. The molecule has 0 aromatic heterocycles. The summed E-state index contributed by atoms with van der Waals surface area (Å²) in [5.74, 6) is 7.37. The van der Waals surface area contributed by atoms with Gasteiger partial charge < -0.3 is 0 Å². The van der Waals surface area contributed by atoms with Gasteiger partial charge in [-0.15, -0.1) is 10.1 Å². The van der Waals surface area contributed by atoms with E-state index in [1.807, 2.05) is 6.11 Å². The molecule has 1 aliphatic rings. The monoisotopic (exact) mass is 169 g/mol. The molecule has 0 radical (unpaired) electrons. The lowest BCUT2D eigenvalue weighted by atomic mass is 10.4. The van der Waals surface area contributed by atoms with E-state index >= 15 is 0 Å². The summed E-state index contributed by atoms with van der Waals surface area (Å²) < 4.78 is 0. The van der Waals surface area contributed by atoms with Crippen LogP contribution in [-0.2, 0) is 14.6 Å². The zero-order chi connectivity index (χ0) is 8.81. The molecule has 1 saturated heterocycles. The van der Waals surface area contributed by atoms with Gasteiger partial charge in [-0.2, -0.15) is 9.78 Å². The van der Waals surface area contributed by atoms with E-state index in [9.17, 15) is 10.1 Å². The molecular weight excluding hydrogens is 166 g/mol. The van der Waals surface area contributed by atoms with Crippen LogP contribution in [0.4, 0.5) is 0 Å². The normalized spacial score (nSPS) is 13.3. The summed E-state index contributed by atoms with van der Waals surface area (Å²) in [4.78, 5) is 21.8. The van der Waals surface area contributed by atoms with Crippen LogP contribution in [0.2, 0.25) is 0 Å². The molecule has 6 nitrogen and oxygen atoms in total. The Balaban J connectivity index is 2.10. The molecular formula is C6H3NO5. The fraction of sp³-hybridized carbons (Fsp3) is 0.333. The second kappa shape index (κ2) is 4.19. The molecule has 0 saturated carbocycles. The van der Waals surface area contributed by atoms with E-state index in [0.29, 0.717) is 0 Å². The SMILES string of the molecule is O=[N+]([O-])OC#CCC#CC1OO1. The van der Waals surface area contributed by atoms with Crippen molar-refractivity contribution in [2.24, 2.45) is 0 Å². The molecule has 0 unspecified atom stereocenters. The average Bonchev–Trinajstić information content (AvgIpc) is 2.79. The fourth-order valence-corrected chi connectivity index (χ4v) is 0.360. The van der Waals surface area contributed by atoms with E-state index in [1.54, 1.807) is 0 Å². The van der Waals surface area contributed by atoms with Gasteiger partial charge in [0.25, 0.3) is 6.29 Å². The largest absolute Gasteiger partial charge is 0.308 e. The Hall–Kier alpha value is -1.76. The van der Waals surface area contributed by atoms with Crippen LogP contribution in [0, 0.1) is 34.0 Å². The van der Waals surface area contributed by atoms with Crippen molar-refractivity contribution in [2.75, 3.05) is 0 Å². The Morgan fingerprint density at radius 1 is 1.50 bits per heavy atom. The van der Waals surface area contributed by atoms with Gasteiger partial charge >= 0.3 is 5.09 Å². The smallest absolute Gasteiger partial charge is 0.223 e. The molecule has 1 fully saturated rings. The van der Waals surface area contributed by atoms with Crippen molar-refractivity contribution >= 4 is 0 Å². The standard InChI is InChI=1S/C6H3NO5/c8-7(9)10-5-3-1-2-4-6-11-12-6/h6H,1H2. The molecule has 0 aromatic carbocycles. The van der Waals surface area contributed by atoms with E-state index in [0.717, 1.165) is 0 Å². The van der Waals surface area contributed by atoms with Gasteiger partial charge in [-0.1, -0.05) is 11.8 Å². The maximum absolute atomic E-state index is 9.56. The molecule has 0 bridgehead atoms. The molecule has 12 heavy (non-hydrogen) atoms. The molecule has 0 amide bonds. The number of nitrogens with zero attached hydrogens (tertiary/aromatic N) is 1. The number of hydrogen-bond donors (Lipinski definition) is 0. The van der Waals surface area contributed by atoms with Gasteiger partial charge in [-0.05, 0) is 5.92 Å². The van der Waals surface area contributed by atoms with Gasteiger partial charge in [0.15, 0.2) is 0 Å². The maximum Gasteiger partial charge on any atom is 0.308 e. The van der Waals surface area contributed by atoms with E-state index in [2.05, 4.69) is 32.4 Å². The Labute approximate surface area is 67.4 Å². The summed E-state index contributed by atoms with van der Waals surface area (Å²) in [6.07, 6.45) is 1.57. The highest BCUT2D eigenvalue weighted by molar-refractivity contribution is 5.11. The minimum Gasteiger partial charge on any atom is -0.223 e. The number of hydrogen-bond acceptors (Lipinski definition) is 5. The van der Waals surface area contributed by atoms with Gasteiger partial charge in [0.1, 0.15) is 6.11 Å². The van der Waals surface area contributed by atoms with Crippen molar-refractivity contribution in [1.29, 1.82) is 0 Å². The highest BCUT2D eigenvalue weighted by Crippen LogP contribution is 2.08. The van der Waals surface area contributed by atoms with Gasteiger partial charge in [0.2, 0.25) is 0 Å². The van der Waals surface area contributed by atoms with Crippen LogP contribution in [0.5, 0.6) is 0 Å². The summed E-state index contributed by atoms with van der Waals surface area (Å²) in [6.45, 7) is 0. The molecule has 1 aliphatic heterocycles. The lowest BCUT2D eigenvalue weighted by molar-refractivity contribution is -0.731. The van der Waals surface area contributed by atoms with Crippen molar-refractivity contribution in [3.05, 3.63) is 10.1 Å². The first-order valence-electron chi connectivity index (χ1n) is 2.89. The van der Waals surface area contributed by atoms with E-state index in [1.165, 1.54) is 0 Å². The molecule has 0 spiro atoms. The predicted molar refractivity (Wildman–Crippen MR) is 34.2 cm³/mol. The van der Waals surface area contributed by atoms with Crippen LogP contribution in [0.15, 0.2) is 0 Å². The van der Waals surface area contributed by atoms with Gasteiger partial charge in [-0.3, -0.25) is 0 Å². The first-order valence-corrected chi connectivity index (χ1v) is 2.89. The Kier molecular flexibility index (Phi) is 2.91. The van der Waals surface area contributed by atoms with Crippen molar-refractivity contribution in [3.8, 4) is 23.9 Å². The van der Waals surface area contributed by atoms with Crippen LogP contribution in [0.25, 0.3) is 0 Å². The number of rotatable bonds is 1. The fourth-order valence-electron chi connectivity index (χ4n) is 0.360. The Morgan fingerprint density at radius 3 is 2.83 bits per heavy atom. The van der Waals surface area contributed by atoms with Crippen LogP contribution < -0.4 is 0 Å². The van der Waals surface area contributed by atoms with Gasteiger partial charge in [-0.25, -0.2) is 4.84 Å². The molecule has 6 heteroatoms. The van der Waals surface area contributed by atoms with E-state index < -0.39 is 11.4 Å². The second-order valence-electron chi connectivity index (χ2n) is 1.62. The molecule has 0 N–H and O–H groups in total. The quantitative estimate of drug-likeness (QED) is 0.179. The van der Waals surface area contributed by atoms with Crippen LogP contribution >= 0.6 is 0 Å². The zero-order valence-electron chi connectivity index (χ0n) is 5.77. The summed E-state index contributed by atoms with van der Waals surface area (Å²) in [7, 11) is 0. The Morgan fingerprint density at radius 2 is 2.25 bits per heavy atom. The van der Waals surface area contributed by atoms with Crippen LogP contribution in [-0.4, -0.2) is 11.4 Å². The van der Waals surface area contributed by atoms with Crippen LogP contribution in [0.1, 0.15) is 6.42 Å². The molecule has 62 valence electrons. The van der Waals surface area contributed by atoms with Crippen molar-refractivity contribution in [1.82, 2.24) is 0 Å². The topological polar surface area (TPSA) is 77.4 Å². The lowest BCUT2D eigenvalue weighted by Crippen LogP contribution is -1.92. The highest BCUT2D eigenvalue weighted by Gasteiger charge is 2.21. The first kappa shape index (κ1) is 8.34. The molecule has 0 aliphatic carbocycles. The highest BCUT2D eigenvalue weighted by atomic mass is 17.4. The third-order valence-electron chi connectivity index (χ3n) is 0.781. The maximum atomic E-state index is 9.56. The Bertz CT molecular complexity index is 287. The minimum absolute atomic E-state index is 0.178. The third kappa shape index (κ3) is 4.12. The van der Waals surface area contributed by atoms with Crippen molar-refractivity contribution in [2.45, 2.75) is 12.7 Å². The minimum atomic E-state index is -0.993. The zero-order valence-corrected chi connectivity index (χ0v) is 5.77. The summed E-state index contributed by atoms with van der Waals surface area (Å²) in [5.41, 5.74) is 0. The molecule has 1 rings (SSSR count). The van der Waals surface area contributed by atoms with E-state index in [-0.39, 0.29) is 6.42 Å². The van der Waals surface area contributed by atoms with Crippen molar-refractivity contribution in [3.63, 3.8) is 0 Å². The summed E-state index contributed by atoms with van der Waals surface area (Å²) in [5, 5.41) is 8.56.